The molecular formula is AlScSiZr. The average molecular weight is 191 g/mol. The molecule has 0 aliphatic rings. The van der Waals surface area contributed by atoms with Crippen molar-refractivity contribution < 1.29 is 52.0 Å². The molecule has 0 bridgehead atoms. The summed E-state index contributed by atoms with van der Waals surface area (Å²) in [5, 5.41) is 0. The molecule has 0 heterocycles. The van der Waals surface area contributed by atoms with Crippen molar-refractivity contribution in [3.05, 3.63) is 0 Å². The first kappa shape index (κ1) is 31.4. The summed E-state index contributed by atoms with van der Waals surface area (Å²) in [4.78, 5) is 0. The summed E-state index contributed by atoms with van der Waals surface area (Å²) < 4.78 is 0. The summed E-state index contributed by atoms with van der Waals surface area (Å²) in [7, 11) is 0. The Kier molecular flexibility index (Phi) is 140. The van der Waals surface area contributed by atoms with E-state index in [2.05, 4.69) is 0 Å². The number of hydrogen-bond acceptors (Lipinski definition) is 0. The van der Waals surface area contributed by atoms with Crippen LogP contribution >= 0.6 is 0 Å². The molecule has 0 spiro atoms. The van der Waals surface area contributed by atoms with Crippen LogP contribution in [0.3, 0.4) is 0 Å². The van der Waals surface area contributed by atoms with Crippen molar-refractivity contribution in [3.63, 3.8) is 0 Å². The molecule has 0 N–H and O–H groups in total. The van der Waals surface area contributed by atoms with Crippen molar-refractivity contribution in [2.75, 3.05) is 0 Å². The molecule has 4 heavy (non-hydrogen) atoms. The zero-order chi connectivity index (χ0) is 0. The summed E-state index contributed by atoms with van der Waals surface area (Å²) in [5.41, 5.74) is 0. The summed E-state index contributed by atoms with van der Waals surface area (Å²) in [6, 6.07) is 0. The van der Waals surface area contributed by atoms with E-state index in [0.29, 0.717) is 0 Å². The van der Waals surface area contributed by atoms with E-state index in [1.807, 2.05) is 0 Å². The van der Waals surface area contributed by atoms with Gasteiger partial charge in [-0.15, -0.1) is 0 Å². The minimum atomic E-state index is 0. The van der Waals surface area contributed by atoms with Crippen LogP contribution in [0.5, 0.6) is 0 Å². The van der Waals surface area contributed by atoms with Gasteiger partial charge in [-0.2, -0.15) is 0 Å². The summed E-state index contributed by atoms with van der Waals surface area (Å²) in [5.74, 6) is 0. The quantitative estimate of drug-likeness (QED) is 0.441. The van der Waals surface area contributed by atoms with Crippen LogP contribution in [0.4, 0.5) is 0 Å². The Morgan fingerprint density at radius 2 is 1.00 bits per heavy atom. The van der Waals surface area contributed by atoms with E-state index in [1.54, 1.807) is 0 Å². The van der Waals surface area contributed by atoms with Crippen molar-refractivity contribution in [1.82, 2.24) is 0 Å². The molecule has 0 saturated heterocycles. The smallest absolute Gasteiger partial charge is 0 e. The normalized spacial score (nSPS) is 0. The SMILES string of the molecule is [Al].[Sc].[Si].[Zr]. The first-order chi connectivity index (χ1) is 0. The number of hydrogen-bond donors (Lipinski definition) is 0. The van der Waals surface area contributed by atoms with Gasteiger partial charge in [0.05, 0.1) is 0 Å². The summed E-state index contributed by atoms with van der Waals surface area (Å²) in [6.07, 6.45) is 0. The maximum atomic E-state index is 0. The Morgan fingerprint density at radius 3 is 1.00 bits per heavy atom. The average Bonchev–Trinajstić information content (AvgIpc) is 0. The van der Waals surface area contributed by atoms with Crippen LogP contribution in [0.25, 0.3) is 0 Å². The van der Waals surface area contributed by atoms with Crippen LogP contribution in [0.2, 0.25) is 0 Å². The summed E-state index contributed by atoms with van der Waals surface area (Å²) >= 11 is 0. The Bertz CT molecular complexity index is 8.00. The van der Waals surface area contributed by atoms with Crippen LogP contribution in [0.1, 0.15) is 0 Å². The predicted molar refractivity (Wildman–Crippen MR) is 11.5 cm³/mol. The van der Waals surface area contributed by atoms with Crippen LogP contribution in [0, 0.1) is 0 Å². The molecule has 14 valence electrons. The topological polar surface area (TPSA) is 0 Å². The fourth-order valence-electron chi connectivity index (χ4n) is 0. The van der Waals surface area contributed by atoms with Crippen molar-refractivity contribution in [2.45, 2.75) is 0 Å². The predicted octanol–water partition coefficient (Wildman–Crippen LogP) is -0.767. The largest absolute Gasteiger partial charge is 0 e. The molecule has 0 aliphatic carbocycles. The monoisotopic (exact) mass is 190 g/mol. The Labute approximate surface area is 79.2 Å². The first-order valence-electron chi connectivity index (χ1n) is 0. The third-order valence-corrected chi connectivity index (χ3v) is 0. The van der Waals surface area contributed by atoms with Crippen LogP contribution in [0.15, 0.2) is 0 Å². The second-order valence-corrected chi connectivity index (χ2v) is 0. The molecule has 4 heteroatoms. The van der Waals surface area contributed by atoms with E-state index < -0.39 is 0 Å². The van der Waals surface area contributed by atoms with Gasteiger partial charge in [0.15, 0.2) is 0 Å². The van der Waals surface area contributed by atoms with E-state index in [1.165, 1.54) is 0 Å². The second-order valence-electron chi connectivity index (χ2n) is 0. The van der Waals surface area contributed by atoms with Crippen molar-refractivity contribution >= 4 is 28.3 Å². The molecule has 0 aromatic carbocycles. The van der Waals surface area contributed by atoms with E-state index >= 15 is 0 Å². The molecular weight excluding hydrogens is 191 g/mol. The minimum absolute atomic E-state index is 0. The van der Waals surface area contributed by atoms with Crippen molar-refractivity contribution in [1.29, 1.82) is 0 Å². The molecule has 0 unspecified atom stereocenters. The van der Waals surface area contributed by atoms with E-state index in [4.69, 9.17) is 0 Å². The van der Waals surface area contributed by atoms with Gasteiger partial charge in [-0.3, -0.25) is 0 Å². The molecule has 0 fully saturated rings. The summed E-state index contributed by atoms with van der Waals surface area (Å²) in [6.45, 7) is 0. The van der Waals surface area contributed by atoms with E-state index in [-0.39, 0.29) is 80.4 Å². The van der Waals surface area contributed by atoms with E-state index in [0.717, 1.165) is 0 Å². The van der Waals surface area contributed by atoms with Gasteiger partial charge in [0.1, 0.15) is 0 Å². The third kappa shape index (κ3) is 8.82. The van der Waals surface area contributed by atoms with E-state index in [9.17, 15) is 0 Å². The van der Waals surface area contributed by atoms with Gasteiger partial charge < -0.3 is 0 Å². The van der Waals surface area contributed by atoms with Crippen LogP contribution in [-0.2, 0) is 52.0 Å². The first-order valence-corrected chi connectivity index (χ1v) is 0. The minimum Gasteiger partial charge on any atom is 0 e. The molecule has 0 amide bonds. The van der Waals surface area contributed by atoms with Gasteiger partial charge in [-0.25, -0.2) is 0 Å². The molecule has 0 aromatic heterocycles. The zero-order valence-corrected chi connectivity index (χ0v) is 8.57. The fraction of sp³-hybridized carbons (Fsp3) is 0. The Morgan fingerprint density at radius 1 is 1.00 bits per heavy atom. The third-order valence-electron chi connectivity index (χ3n) is 0. The number of rotatable bonds is 0. The van der Waals surface area contributed by atoms with Crippen molar-refractivity contribution in [3.8, 4) is 0 Å². The van der Waals surface area contributed by atoms with Crippen LogP contribution < -0.4 is 0 Å². The van der Waals surface area contributed by atoms with Gasteiger partial charge in [-0.1, -0.05) is 0 Å². The molecule has 0 rings (SSSR count). The molecule has 0 saturated carbocycles. The Balaban J connectivity index is 0. The van der Waals surface area contributed by atoms with Gasteiger partial charge >= 0.3 is 0 Å². The van der Waals surface area contributed by atoms with Gasteiger partial charge in [0, 0.05) is 80.4 Å². The maximum absolute atomic E-state index is 0. The van der Waals surface area contributed by atoms with Gasteiger partial charge in [0.2, 0.25) is 0 Å². The fourth-order valence-corrected chi connectivity index (χ4v) is 0. The van der Waals surface area contributed by atoms with Gasteiger partial charge in [-0.05, 0) is 0 Å². The molecule has 0 aromatic rings. The second kappa shape index (κ2) is 17.8. The zero-order valence-electron chi connectivity index (χ0n) is 2.15. The maximum Gasteiger partial charge on any atom is 0 e. The molecule has 8 radical (unpaired) electrons. The molecule has 0 nitrogen and oxygen atoms in total. The van der Waals surface area contributed by atoms with Gasteiger partial charge in [0.25, 0.3) is 0 Å². The Hall–Kier alpha value is 2.50. The molecule has 0 atom stereocenters. The molecule has 0 aliphatic heterocycles. The standard InChI is InChI=1S/Al.Sc.Si.Zr. The van der Waals surface area contributed by atoms with Crippen molar-refractivity contribution in [2.24, 2.45) is 0 Å². The van der Waals surface area contributed by atoms with Crippen LogP contribution in [-0.4, -0.2) is 28.3 Å².